The quantitative estimate of drug-likeness (QED) is 0.656. The standard InChI is InChI=1S/C9H17O2/c1-4-5-6-7-9(10)8(2)11-3/h4-6,8-10H,7H2,1-3H3. The van der Waals surface area contributed by atoms with E-state index in [4.69, 9.17) is 4.74 Å². The molecule has 1 radical (unpaired) electrons. The first-order chi connectivity index (χ1) is 5.22. The molecular weight excluding hydrogens is 140 g/mol. The molecule has 0 aliphatic rings. The van der Waals surface area contributed by atoms with Crippen LogP contribution in [-0.4, -0.2) is 24.4 Å². The molecule has 2 unspecified atom stereocenters. The maximum atomic E-state index is 9.35. The average Bonchev–Trinajstić information content (AvgIpc) is 2.03. The summed E-state index contributed by atoms with van der Waals surface area (Å²) in [6.07, 6.45) is 5.96. The molecule has 0 aromatic heterocycles. The topological polar surface area (TPSA) is 29.5 Å². The van der Waals surface area contributed by atoms with Crippen LogP contribution in [0.5, 0.6) is 0 Å². The first kappa shape index (κ1) is 10.7. The number of allylic oxidation sites excluding steroid dienone is 1. The van der Waals surface area contributed by atoms with Crippen LogP contribution < -0.4 is 0 Å². The lowest BCUT2D eigenvalue weighted by atomic mass is 10.1. The Hall–Kier alpha value is -0.340. The number of rotatable bonds is 5. The molecule has 0 bridgehead atoms. The maximum absolute atomic E-state index is 9.35. The van der Waals surface area contributed by atoms with Gasteiger partial charge in [-0.1, -0.05) is 19.1 Å². The van der Waals surface area contributed by atoms with Crippen LogP contribution in [0.2, 0.25) is 0 Å². The van der Waals surface area contributed by atoms with Crippen molar-refractivity contribution in [1.29, 1.82) is 0 Å². The lowest BCUT2D eigenvalue weighted by Gasteiger charge is -2.14. The van der Waals surface area contributed by atoms with E-state index in [9.17, 15) is 5.11 Å². The lowest BCUT2D eigenvalue weighted by Crippen LogP contribution is -2.23. The minimum absolute atomic E-state index is 0.0866. The third-order valence-electron chi connectivity index (χ3n) is 1.62. The van der Waals surface area contributed by atoms with E-state index < -0.39 is 6.10 Å². The molecule has 0 fully saturated rings. The molecular formula is C9H17O2. The summed E-state index contributed by atoms with van der Waals surface area (Å²) in [5.41, 5.74) is 0. The van der Waals surface area contributed by atoms with Gasteiger partial charge in [0.25, 0.3) is 0 Å². The van der Waals surface area contributed by atoms with Crippen molar-refractivity contribution >= 4 is 0 Å². The summed E-state index contributed by atoms with van der Waals surface area (Å²) >= 11 is 0. The van der Waals surface area contributed by atoms with E-state index in [1.807, 2.05) is 32.4 Å². The Morgan fingerprint density at radius 2 is 2.18 bits per heavy atom. The highest BCUT2D eigenvalue weighted by molar-refractivity contribution is 4.93. The second-order valence-corrected chi connectivity index (χ2v) is 2.51. The van der Waals surface area contributed by atoms with E-state index in [0.717, 1.165) is 0 Å². The van der Waals surface area contributed by atoms with Crippen LogP contribution in [0.15, 0.2) is 12.2 Å². The van der Waals surface area contributed by atoms with E-state index in [1.165, 1.54) is 0 Å². The van der Waals surface area contributed by atoms with Crippen molar-refractivity contribution in [1.82, 2.24) is 0 Å². The summed E-state index contributed by atoms with van der Waals surface area (Å²) in [5, 5.41) is 9.35. The van der Waals surface area contributed by atoms with Gasteiger partial charge in [0.05, 0.1) is 12.2 Å². The second-order valence-electron chi connectivity index (χ2n) is 2.51. The van der Waals surface area contributed by atoms with E-state index in [0.29, 0.717) is 6.42 Å². The Morgan fingerprint density at radius 1 is 1.55 bits per heavy atom. The Kier molecular flexibility index (Phi) is 6.18. The Bertz CT molecular complexity index is 110. The summed E-state index contributed by atoms with van der Waals surface area (Å²) in [7, 11) is 1.60. The fraction of sp³-hybridized carbons (Fsp3) is 0.667. The summed E-state index contributed by atoms with van der Waals surface area (Å²) in [5.74, 6) is 0. The monoisotopic (exact) mass is 157 g/mol. The van der Waals surface area contributed by atoms with E-state index in [1.54, 1.807) is 7.11 Å². The van der Waals surface area contributed by atoms with Gasteiger partial charge in [-0.3, -0.25) is 0 Å². The summed E-state index contributed by atoms with van der Waals surface area (Å²) < 4.78 is 4.95. The van der Waals surface area contributed by atoms with Gasteiger partial charge in [0.15, 0.2) is 0 Å². The molecule has 0 amide bonds. The molecule has 0 saturated heterocycles. The summed E-state index contributed by atoms with van der Waals surface area (Å²) in [6.45, 7) is 3.80. The largest absolute Gasteiger partial charge is 0.390 e. The number of methoxy groups -OCH3 is 1. The van der Waals surface area contributed by atoms with E-state index in [-0.39, 0.29) is 6.10 Å². The fourth-order valence-electron chi connectivity index (χ4n) is 0.703. The molecule has 65 valence electrons. The van der Waals surface area contributed by atoms with Gasteiger partial charge in [-0.25, -0.2) is 0 Å². The summed E-state index contributed by atoms with van der Waals surface area (Å²) in [4.78, 5) is 0. The zero-order valence-electron chi connectivity index (χ0n) is 7.45. The van der Waals surface area contributed by atoms with Gasteiger partial charge in [-0.2, -0.15) is 0 Å². The Morgan fingerprint density at radius 3 is 2.64 bits per heavy atom. The zero-order chi connectivity index (χ0) is 8.69. The minimum atomic E-state index is -0.392. The van der Waals surface area contributed by atoms with Crippen LogP contribution in [0.3, 0.4) is 0 Å². The van der Waals surface area contributed by atoms with Crippen LogP contribution in [0, 0.1) is 6.42 Å². The number of ether oxygens (including phenoxy) is 1. The Labute approximate surface area is 68.9 Å². The first-order valence-electron chi connectivity index (χ1n) is 3.87. The van der Waals surface area contributed by atoms with E-state index in [2.05, 4.69) is 0 Å². The number of hydrogen-bond acceptors (Lipinski definition) is 2. The predicted octanol–water partition coefficient (Wildman–Crippen LogP) is 1.55. The average molecular weight is 157 g/mol. The van der Waals surface area contributed by atoms with Crippen molar-refractivity contribution in [3.63, 3.8) is 0 Å². The molecule has 0 rings (SSSR count). The van der Waals surface area contributed by atoms with Gasteiger partial charge >= 0.3 is 0 Å². The third kappa shape index (κ3) is 4.99. The maximum Gasteiger partial charge on any atom is 0.0833 e. The van der Waals surface area contributed by atoms with E-state index >= 15 is 0 Å². The lowest BCUT2D eigenvalue weighted by molar-refractivity contribution is 0.00175. The molecule has 11 heavy (non-hydrogen) atoms. The zero-order valence-corrected chi connectivity index (χ0v) is 7.45. The van der Waals surface area contributed by atoms with Crippen molar-refractivity contribution in [2.75, 3.05) is 7.11 Å². The second kappa shape index (κ2) is 6.38. The smallest absolute Gasteiger partial charge is 0.0833 e. The van der Waals surface area contributed by atoms with Crippen molar-refractivity contribution in [2.45, 2.75) is 32.5 Å². The van der Waals surface area contributed by atoms with Crippen molar-refractivity contribution in [3.8, 4) is 0 Å². The van der Waals surface area contributed by atoms with Crippen molar-refractivity contribution in [3.05, 3.63) is 18.6 Å². The molecule has 0 aromatic carbocycles. The van der Waals surface area contributed by atoms with Crippen LogP contribution in [0.4, 0.5) is 0 Å². The number of hydrogen-bond donors (Lipinski definition) is 1. The molecule has 0 heterocycles. The fourth-order valence-corrected chi connectivity index (χ4v) is 0.703. The molecule has 1 N–H and O–H groups in total. The molecule has 0 aliphatic carbocycles. The van der Waals surface area contributed by atoms with Gasteiger partial charge in [-0.15, -0.1) is 0 Å². The molecule has 0 aliphatic heterocycles. The van der Waals surface area contributed by atoms with Gasteiger partial charge in [0, 0.05) is 7.11 Å². The molecule has 0 spiro atoms. The molecule has 2 heteroatoms. The van der Waals surface area contributed by atoms with Crippen molar-refractivity contribution < 1.29 is 9.84 Å². The highest BCUT2D eigenvalue weighted by Gasteiger charge is 2.10. The predicted molar refractivity (Wildman–Crippen MR) is 46.2 cm³/mol. The SMILES string of the molecule is C[CH]C=CCC(O)C(C)OC. The highest BCUT2D eigenvalue weighted by atomic mass is 16.5. The summed E-state index contributed by atoms with van der Waals surface area (Å²) in [6, 6.07) is 0. The highest BCUT2D eigenvalue weighted by Crippen LogP contribution is 2.02. The Balaban J connectivity index is 3.50. The molecule has 0 saturated carbocycles. The normalized spacial score (nSPS) is 17.1. The molecule has 0 aromatic rings. The van der Waals surface area contributed by atoms with Crippen molar-refractivity contribution in [2.24, 2.45) is 0 Å². The first-order valence-corrected chi connectivity index (χ1v) is 3.87. The third-order valence-corrected chi connectivity index (χ3v) is 1.62. The van der Waals surface area contributed by atoms with Crippen LogP contribution in [0.25, 0.3) is 0 Å². The van der Waals surface area contributed by atoms with Crippen LogP contribution >= 0.6 is 0 Å². The van der Waals surface area contributed by atoms with Gasteiger partial charge < -0.3 is 9.84 Å². The van der Waals surface area contributed by atoms with Gasteiger partial charge in [0.2, 0.25) is 0 Å². The van der Waals surface area contributed by atoms with Crippen LogP contribution in [0.1, 0.15) is 20.3 Å². The number of aliphatic hydroxyl groups is 1. The van der Waals surface area contributed by atoms with Crippen LogP contribution in [-0.2, 0) is 4.74 Å². The molecule has 2 nitrogen and oxygen atoms in total. The minimum Gasteiger partial charge on any atom is -0.390 e. The van der Waals surface area contributed by atoms with Gasteiger partial charge in [0.1, 0.15) is 0 Å². The number of aliphatic hydroxyl groups excluding tert-OH is 1. The molecule has 2 atom stereocenters. The van der Waals surface area contributed by atoms with Gasteiger partial charge in [-0.05, 0) is 19.8 Å².